The van der Waals surface area contributed by atoms with Gasteiger partial charge in [0.25, 0.3) is 0 Å². The van der Waals surface area contributed by atoms with Crippen molar-refractivity contribution >= 4 is 11.7 Å². The Morgan fingerprint density at radius 3 is 2.55 bits per heavy atom. The Balaban J connectivity index is 0.000000298. The molecule has 4 rings (SSSR count). The van der Waals surface area contributed by atoms with E-state index in [-0.39, 0.29) is 0 Å². The van der Waals surface area contributed by atoms with Crippen LogP contribution in [0.5, 0.6) is 5.75 Å². The van der Waals surface area contributed by atoms with Crippen molar-refractivity contribution in [1.29, 1.82) is 5.26 Å². The van der Waals surface area contributed by atoms with Crippen molar-refractivity contribution in [3.63, 3.8) is 0 Å². The number of amides is 1. The van der Waals surface area contributed by atoms with E-state index < -0.39 is 6.09 Å². The van der Waals surface area contributed by atoms with Crippen molar-refractivity contribution in [2.24, 2.45) is 0 Å². The van der Waals surface area contributed by atoms with Crippen LogP contribution in [0.3, 0.4) is 0 Å². The van der Waals surface area contributed by atoms with Crippen LogP contribution in [0, 0.1) is 11.3 Å². The zero-order chi connectivity index (χ0) is 20.8. The van der Waals surface area contributed by atoms with Gasteiger partial charge in [0, 0.05) is 18.0 Å². The van der Waals surface area contributed by atoms with Crippen molar-refractivity contribution in [2.75, 3.05) is 13.7 Å². The number of nitrogens with zero attached hydrogens (tertiary/aromatic N) is 4. The number of carboxylic acid groups (broad SMARTS) is 1. The van der Waals surface area contributed by atoms with Gasteiger partial charge in [-0.3, -0.25) is 0 Å². The van der Waals surface area contributed by atoms with Gasteiger partial charge in [-0.25, -0.2) is 14.3 Å². The lowest BCUT2D eigenvalue weighted by Gasteiger charge is -2.07. The number of ether oxygens (including phenoxy) is 1. The number of pyridine rings is 1. The lowest BCUT2D eigenvalue weighted by atomic mass is 10.1. The van der Waals surface area contributed by atoms with Crippen molar-refractivity contribution < 1.29 is 14.6 Å². The first-order chi connectivity index (χ1) is 14.1. The van der Waals surface area contributed by atoms with Crippen LogP contribution in [0.4, 0.5) is 4.79 Å². The second kappa shape index (κ2) is 9.06. The summed E-state index contributed by atoms with van der Waals surface area (Å²) in [6.07, 6.45) is 2.23. The zero-order valence-electron chi connectivity index (χ0n) is 16.4. The molecule has 2 heterocycles. The average molecular weight is 393 g/mol. The fourth-order valence-corrected chi connectivity index (χ4v) is 2.79. The van der Waals surface area contributed by atoms with Crippen LogP contribution in [0.1, 0.15) is 43.5 Å². The van der Waals surface area contributed by atoms with Crippen molar-refractivity contribution in [1.82, 2.24) is 19.9 Å². The number of aromatic nitrogens is 3. The van der Waals surface area contributed by atoms with Crippen LogP contribution >= 0.6 is 0 Å². The largest absolute Gasteiger partial charge is 0.493 e. The van der Waals surface area contributed by atoms with E-state index in [1.165, 1.54) is 0 Å². The standard InChI is InChI=1S/C17H14N4O.C4H9NO2/c1-22-15-9-8-14(12-4-2-11(10-18)3-5-12)21-17(15)19-16(20-21)13-6-7-13;1-2-3-5-4(6)7/h2-5,8-9,13H,6-7H2,1H3;5H,2-3H2,1H3,(H,6,7). The molecule has 1 aromatic carbocycles. The third-order valence-corrected chi connectivity index (χ3v) is 4.46. The third-order valence-electron chi connectivity index (χ3n) is 4.46. The predicted molar refractivity (Wildman–Crippen MR) is 108 cm³/mol. The number of carbonyl (C=O) groups is 1. The highest BCUT2D eigenvalue weighted by atomic mass is 16.5. The molecule has 150 valence electrons. The molecule has 0 saturated heterocycles. The summed E-state index contributed by atoms with van der Waals surface area (Å²) in [4.78, 5) is 14.3. The molecule has 1 amide bonds. The fraction of sp³-hybridized carbons (Fsp3) is 0.333. The van der Waals surface area contributed by atoms with Gasteiger partial charge in [-0.2, -0.15) is 10.4 Å². The van der Waals surface area contributed by atoms with Crippen LogP contribution in [-0.2, 0) is 0 Å². The number of rotatable bonds is 5. The maximum Gasteiger partial charge on any atom is 0.404 e. The van der Waals surface area contributed by atoms with E-state index >= 15 is 0 Å². The summed E-state index contributed by atoms with van der Waals surface area (Å²) in [5.74, 6) is 2.09. The van der Waals surface area contributed by atoms with Gasteiger partial charge in [-0.05, 0) is 43.5 Å². The van der Waals surface area contributed by atoms with E-state index in [1.807, 2.05) is 47.8 Å². The molecule has 8 heteroatoms. The van der Waals surface area contributed by atoms with Crippen LogP contribution in [0.15, 0.2) is 36.4 Å². The first kappa shape index (κ1) is 20.1. The van der Waals surface area contributed by atoms with Gasteiger partial charge < -0.3 is 15.2 Å². The normalized spacial score (nSPS) is 12.6. The molecule has 1 aliphatic carbocycles. The molecular formula is C21H23N5O3. The Kier molecular flexibility index (Phi) is 6.29. The van der Waals surface area contributed by atoms with E-state index in [0.29, 0.717) is 18.0 Å². The number of benzene rings is 1. The fourth-order valence-electron chi connectivity index (χ4n) is 2.79. The lowest BCUT2D eigenvalue weighted by molar-refractivity contribution is 0.194. The predicted octanol–water partition coefficient (Wildman–Crippen LogP) is 3.82. The minimum absolute atomic E-state index is 0.485. The van der Waals surface area contributed by atoms with Gasteiger partial charge in [-0.15, -0.1) is 0 Å². The number of fused-ring (bicyclic) bond motifs is 1. The zero-order valence-corrected chi connectivity index (χ0v) is 16.4. The first-order valence-electron chi connectivity index (χ1n) is 9.48. The number of hydrogen-bond acceptors (Lipinski definition) is 5. The summed E-state index contributed by atoms with van der Waals surface area (Å²) < 4.78 is 7.24. The lowest BCUT2D eigenvalue weighted by Crippen LogP contribution is -2.20. The first-order valence-corrected chi connectivity index (χ1v) is 9.48. The number of hydrogen-bond donors (Lipinski definition) is 2. The molecule has 0 bridgehead atoms. The second-order valence-electron chi connectivity index (χ2n) is 6.69. The molecule has 29 heavy (non-hydrogen) atoms. The summed E-state index contributed by atoms with van der Waals surface area (Å²) in [5.41, 5.74) is 3.33. The van der Waals surface area contributed by atoms with Gasteiger partial charge in [0.2, 0.25) is 0 Å². The summed E-state index contributed by atoms with van der Waals surface area (Å²) in [7, 11) is 1.64. The van der Waals surface area contributed by atoms with Gasteiger partial charge in [0.1, 0.15) is 0 Å². The Labute approximate surface area is 168 Å². The molecule has 0 spiro atoms. The van der Waals surface area contributed by atoms with Crippen molar-refractivity contribution in [2.45, 2.75) is 32.1 Å². The van der Waals surface area contributed by atoms with Crippen molar-refractivity contribution in [3.8, 4) is 23.1 Å². The minimum atomic E-state index is -0.943. The topological polar surface area (TPSA) is 113 Å². The quantitative estimate of drug-likeness (QED) is 0.681. The number of nitrogens with one attached hydrogen (secondary N) is 1. The van der Waals surface area contributed by atoms with Gasteiger partial charge in [0.15, 0.2) is 17.2 Å². The van der Waals surface area contributed by atoms with E-state index in [9.17, 15) is 4.79 Å². The maximum absolute atomic E-state index is 9.65. The highest BCUT2D eigenvalue weighted by molar-refractivity contribution is 5.67. The molecular weight excluding hydrogens is 370 g/mol. The van der Waals surface area contributed by atoms with Crippen LogP contribution in [-0.4, -0.2) is 39.5 Å². The van der Waals surface area contributed by atoms with Gasteiger partial charge in [0.05, 0.1) is 24.4 Å². The van der Waals surface area contributed by atoms with E-state index in [4.69, 9.17) is 15.1 Å². The van der Waals surface area contributed by atoms with E-state index in [0.717, 1.165) is 47.7 Å². The Hall–Kier alpha value is -3.60. The molecule has 1 saturated carbocycles. The van der Waals surface area contributed by atoms with Crippen LogP contribution in [0.25, 0.3) is 16.9 Å². The molecule has 3 aromatic rings. The molecule has 0 radical (unpaired) electrons. The number of nitriles is 1. The number of methoxy groups -OCH3 is 1. The Bertz CT molecular complexity index is 1030. The van der Waals surface area contributed by atoms with E-state index in [1.54, 1.807) is 7.11 Å². The highest BCUT2D eigenvalue weighted by Gasteiger charge is 2.29. The molecule has 8 nitrogen and oxygen atoms in total. The average Bonchev–Trinajstić information content (AvgIpc) is 3.50. The molecule has 1 fully saturated rings. The third kappa shape index (κ3) is 4.82. The van der Waals surface area contributed by atoms with Crippen LogP contribution in [0.2, 0.25) is 0 Å². The van der Waals surface area contributed by atoms with Gasteiger partial charge in [-0.1, -0.05) is 19.1 Å². The molecule has 0 atom stereocenters. The summed E-state index contributed by atoms with van der Waals surface area (Å²) in [6, 6.07) is 13.5. The minimum Gasteiger partial charge on any atom is -0.493 e. The van der Waals surface area contributed by atoms with Crippen molar-refractivity contribution in [3.05, 3.63) is 47.8 Å². The molecule has 0 aliphatic heterocycles. The smallest absolute Gasteiger partial charge is 0.404 e. The second-order valence-corrected chi connectivity index (χ2v) is 6.69. The molecule has 1 aliphatic rings. The molecule has 2 aromatic heterocycles. The highest BCUT2D eigenvalue weighted by Crippen LogP contribution is 2.39. The molecule has 0 unspecified atom stereocenters. The summed E-state index contributed by atoms with van der Waals surface area (Å²) in [5, 5.41) is 23.7. The molecule has 2 N–H and O–H groups in total. The van der Waals surface area contributed by atoms with E-state index in [2.05, 4.69) is 21.5 Å². The van der Waals surface area contributed by atoms with Gasteiger partial charge >= 0.3 is 6.09 Å². The SMILES string of the molecule is CCCNC(=O)O.COc1ccc(-c2ccc(C#N)cc2)n2nc(C3CC3)nc12. The monoisotopic (exact) mass is 393 g/mol. The maximum atomic E-state index is 9.65. The summed E-state index contributed by atoms with van der Waals surface area (Å²) in [6.45, 7) is 2.46. The summed E-state index contributed by atoms with van der Waals surface area (Å²) >= 11 is 0. The van der Waals surface area contributed by atoms with Crippen LogP contribution < -0.4 is 10.1 Å². The Morgan fingerprint density at radius 2 is 2.03 bits per heavy atom. The Morgan fingerprint density at radius 1 is 1.31 bits per heavy atom.